The van der Waals surface area contributed by atoms with Crippen LogP contribution in [0.1, 0.15) is 135 Å². The summed E-state index contributed by atoms with van der Waals surface area (Å²) in [5.74, 6) is -0.833. The minimum absolute atomic E-state index is 0.207. The summed E-state index contributed by atoms with van der Waals surface area (Å²) in [4.78, 5) is 12.0. The number of hydrogen-bond donors (Lipinski definition) is 4. The average molecular weight is 503 g/mol. The molecule has 7 nitrogen and oxygen atoms in total. The van der Waals surface area contributed by atoms with Gasteiger partial charge in [0.15, 0.2) is 12.4 Å². The molecule has 0 aromatic carbocycles. The van der Waals surface area contributed by atoms with Crippen LogP contribution in [0.2, 0.25) is 0 Å². The molecule has 0 unspecified atom stereocenters. The molecule has 1 aliphatic heterocycles. The number of aliphatic hydroxyl groups is 4. The van der Waals surface area contributed by atoms with Gasteiger partial charge in [0.05, 0.1) is 6.61 Å². The molecule has 1 rings (SSSR count). The number of rotatable bonds is 22. The van der Waals surface area contributed by atoms with Gasteiger partial charge in [0.2, 0.25) is 0 Å². The standard InChI is InChI=1S/C28H54O7/c1-2-3-4-5-6-7-8-9-10-11-12-13-14-15-16-17-18-19-20-21-22-34-28(33)26-24(30)23(29)25(31)27(32)35-26/h23-27,29-32H,2-22H2,1H3/t23-,24+,25+,26-,27+/m0/s1. The van der Waals surface area contributed by atoms with Gasteiger partial charge < -0.3 is 29.9 Å². The molecule has 1 heterocycles. The second-order valence-corrected chi connectivity index (χ2v) is 10.3. The Morgan fingerprint density at radius 2 is 0.943 bits per heavy atom. The van der Waals surface area contributed by atoms with Crippen LogP contribution in [0.25, 0.3) is 0 Å². The van der Waals surface area contributed by atoms with Crippen LogP contribution in [0, 0.1) is 0 Å². The van der Waals surface area contributed by atoms with Crippen LogP contribution < -0.4 is 0 Å². The Morgan fingerprint density at radius 3 is 1.34 bits per heavy atom. The highest BCUT2D eigenvalue weighted by atomic mass is 16.7. The molecule has 1 saturated heterocycles. The van der Waals surface area contributed by atoms with E-state index >= 15 is 0 Å². The molecular weight excluding hydrogens is 448 g/mol. The van der Waals surface area contributed by atoms with E-state index in [0.29, 0.717) is 0 Å². The molecule has 0 radical (unpaired) electrons. The third kappa shape index (κ3) is 15.2. The van der Waals surface area contributed by atoms with Crippen molar-refractivity contribution in [2.75, 3.05) is 6.61 Å². The Bertz CT molecular complexity index is 502. The Labute approximate surface area is 213 Å². The van der Waals surface area contributed by atoms with E-state index in [0.717, 1.165) is 19.3 Å². The molecule has 0 amide bonds. The Morgan fingerprint density at radius 1 is 0.571 bits per heavy atom. The zero-order chi connectivity index (χ0) is 25.7. The number of carbonyl (C=O) groups excluding carboxylic acids is 1. The summed E-state index contributed by atoms with van der Waals surface area (Å²) in [7, 11) is 0. The van der Waals surface area contributed by atoms with Crippen LogP contribution in [0.3, 0.4) is 0 Å². The maximum Gasteiger partial charge on any atom is 0.338 e. The van der Waals surface area contributed by atoms with E-state index in [-0.39, 0.29) is 6.61 Å². The first-order valence-corrected chi connectivity index (χ1v) is 14.5. The van der Waals surface area contributed by atoms with Crippen LogP contribution in [0.5, 0.6) is 0 Å². The van der Waals surface area contributed by atoms with Crippen molar-refractivity contribution in [1.82, 2.24) is 0 Å². The highest BCUT2D eigenvalue weighted by molar-refractivity contribution is 5.75. The van der Waals surface area contributed by atoms with Crippen molar-refractivity contribution in [3.8, 4) is 0 Å². The first-order chi connectivity index (χ1) is 17.0. The number of hydrogen-bond acceptors (Lipinski definition) is 7. The molecule has 1 aliphatic rings. The van der Waals surface area contributed by atoms with Gasteiger partial charge in [-0.25, -0.2) is 4.79 Å². The Hall–Kier alpha value is -0.730. The molecule has 0 spiro atoms. The van der Waals surface area contributed by atoms with Crippen LogP contribution in [-0.2, 0) is 14.3 Å². The molecule has 7 heteroatoms. The molecule has 5 atom stereocenters. The van der Waals surface area contributed by atoms with Crippen LogP contribution in [0.4, 0.5) is 0 Å². The van der Waals surface area contributed by atoms with E-state index in [4.69, 9.17) is 9.47 Å². The van der Waals surface area contributed by atoms with Gasteiger partial charge in [0.25, 0.3) is 0 Å². The minimum atomic E-state index is -1.73. The molecule has 208 valence electrons. The summed E-state index contributed by atoms with van der Waals surface area (Å²) in [6.07, 6.45) is 17.9. The van der Waals surface area contributed by atoms with Crippen molar-refractivity contribution >= 4 is 5.97 Å². The third-order valence-electron chi connectivity index (χ3n) is 7.06. The number of aliphatic hydroxyl groups excluding tert-OH is 4. The smallest absolute Gasteiger partial charge is 0.338 e. The normalized spacial score (nSPS) is 24.5. The highest BCUT2D eigenvalue weighted by Gasteiger charge is 2.46. The van der Waals surface area contributed by atoms with E-state index in [9.17, 15) is 25.2 Å². The van der Waals surface area contributed by atoms with Crippen molar-refractivity contribution in [1.29, 1.82) is 0 Å². The fourth-order valence-corrected chi connectivity index (χ4v) is 4.67. The fourth-order valence-electron chi connectivity index (χ4n) is 4.67. The topological polar surface area (TPSA) is 116 Å². The molecule has 0 aromatic heterocycles. The first kappa shape index (κ1) is 32.3. The van der Waals surface area contributed by atoms with Crippen molar-refractivity contribution < 1.29 is 34.7 Å². The Kier molecular flexibility index (Phi) is 19.7. The van der Waals surface area contributed by atoms with Gasteiger partial charge in [-0.3, -0.25) is 0 Å². The number of carbonyl (C=O) groups is 1. The summed E-state index contributed by atoms with van der Waals surface area (Å²) in [6.45, 7) is 2.48. The average Bonchev–Trinajstić information content (AvgIpc) is 2.85. The van der Waals surface area contributed by atoms with Gasteiger partial charge in [0.1, 0.15) is 18.3 Å². The summed E-state index contributed by atoms with van der Waals surface area (Å²) < 4.78 is 9.95. The summed E-state index contributed by atoms with van der Waals surface area (Å²) in [5.41, 5.74) is 0. The molecule has 0 bridgehead atoms. The predicted molar refractivity (Wildman–Crippen MR) is 138 cm³/mol. The van der Waals surface area contributed by atoms with Crippen LogP contribution in [-0.4, -0.2) is 63.7 Å². The molecular formula is C28H54O7. The van der Waals surface area contributed by atoms with E-state index in [2.05, 4.69) is 6.92 Å². The van der Waals surface area contributed by atoms with Crippen molar-refractivity contribution in [3.05, 3.63) is 0 Å². The number of esters is 1. The lowest BCUT2D eigenvalue weighted by Gasteiger charge is -2.36. The van der Waals surface area contributed by atoms with Gasteiger partial charge in [-0.05, 0) is 6.42 Å². The quantitative estimate of drug-likeness (QED) is 0.119. The largest absolute Gasteiger partial charge is 0.464 e. The molecule has 4 N–H and O–H groups in total. The van der Waals surface area contributed by atoms with Gasteiger partial charge >= 0.3 is 5.97 Å². The summed E-state index contributed by atoms with van der Waals surface area (Å²) >= 11 is 0. The van der Waals surface area contributed by atoms with Crippen molar-refractivity contribution in [2.24, 2.45) is 0 Å². The van der Waals surface area contributed by atoms with Crippen LogP contribution >= 0.6 is 0 Å². The van der Waals surface area contributed by atoms with E-state index in [1.807, 2.05) is 0 Å². The first-order valence-electron chi connectivity index (χ1n) is 14.5. The van der Waals surface area contributed by atoms with Gasteiger partial charge in [-0.2, -0.15) is 0 Å². The van der Waals surface area contributed by atoms with Gasteiger partial charge in [-0.1, -0.05) is 129 Å². The lowest BCUT2D eigenvalue weighted by Crippen LogP contribution is -2.59. The fraction of sp³-hybridized carbons (Fsp3) is 0.964. The molecule has 0 aromatic rings. The van der Waals surface area contributed by atoms with Gasteiger partial charge in [0, 0.05) is 0 Å². The number of ether oxygens (including phenoxy) is 2. The summed E-state index contributed by atoms with van der Waals surface area (Å²) in [5, 5.41) is 38.4. The second kappa shape index (κ2) is 21.4. The Balaban J connectivity index is 1.81. The predicted octanol–water partition coefficient (Wildman–Crippen LogP) is 5.15. The number of unbranched alkanes of at least 4 members (excludes halogenated alkanes) is 19. The SMILES string of the molecule is CCCCCCCCCCCCCCCCCCCCCCOC(=O)[C@H]1O[C@@H](O)[C@H](O)[C@@H](O)[C@H]1O. The zero-order valence-electron chi connectivity index (χ0n) is 22.2. The molecule has 0 aliphatic carbocycles. The monoisotopic (exact) mass is 502 g/mol. The lowest BCUT2D eigenvalue weighted by molar-refractivity contribution is -0.281. The molecule has 1 fully saturated rings. The molecule has 35 heavy (non-hydrogen) atoms. The van der Waals surface area contributed by atoms with E-state index in [1.165, 1.54) is 109 Å². The third-order valence-corrected chi connectivity index (χ3v) is 7.06. The maximum atomic E-state index is 12.0. The lowest BCUT2D eigenvalue weighted by atomic mass is 9.99. The summed E-state index contributed by atoms with van der Waals surface area (Å²) in [6, 6.07) is 0. The van der Waals surface area contributed by atoms with Crippen molar-refractivity contribution in [2.45, 2.75) is 166 Å². The van der Waals surface area contributed by atoms with Crippen molar-refractivity contribution in [3.63, 3.8) is 0 Å². The van der Waals surface area contributed by atoms with E-state index in [1.54, 1.807) is 0 Å². The minimum Gasteiger partial charge on any atom is -0.464 e. The maximum absolute atomic E-state index is 12.0. The second-order valence-electron chi connectivity index (χ2n) is 10.3. The van der Waals surface area contributed by atoms with Gasteiger partial charge in [-0.15, -0.1) is 0 Å². The van der Waals surface area contributed by atoms with E-state index < -0.39 is 36.7 Å². The highest BCUT2D eigenvalue weighted by Crippen LogP contribution is 2.21. The molecule has 0 saturated carbocycles. The zero-order valence-corrected chi connectivity index (χ0v) is 22.2. The van der Waals surface area contributed by atoms with Crippen LogP contribution in [0.15, 0.2) is 0 Å².